The Labute approximate surface area is 123 Å². The number of nitrogens with zero attached hydrogens (tertiary/aromatic N) is 1. The molecule has 1 amide bonds. The van der Waals surface area contributed by atoms with Crippen LogP contribution in [0.2, 0.25) is 0 Å². The molecular formula is C16H19N3O2. The van der Waals surface area contributed by atoms with Crippen molar-refractivity contribution in [3.05, 3.63) is 47.3 Å². The van der Waals surface area contributed by atoms with Crippen molar-refractivity contribution in [3.8, 4) is 0 Å². The van der Waals surface area contributed by atoms with Crippen LogP contribution in [0.4, 0.5) is 5.69 Å². The second-order valence-corrected chi connectivity index (χ2v) is 5.46. The van der Waals surface area contributed by atoms with Gasteiger partial charge in [0.1, 0.15) is 0 Å². The van der Waals surface area contributed by atoms with Crippen LogP contribution in [0.5, 0.6) is 0 Å². The van der Waals surface area contributed by atoms with Gasteiger partial charge in [0.15, 0.2) is 0 Å². The zero-order valence-corrected chi connectivity index (χ0v) is 12.1. The number of amides is 1. The fourth-order valence-corrected chi connectivity index (χ4v) is 2.54. The third-order valence-corrected chi connectivity index (χ3v) is 3.82. The molecule has 1 fully saturated rings. The number of benzene rings is 1. The zero-order valence-electron chi connectivity index (χ0n) is 12.1. The molecule has 1 aromatic carbocycles. The van der Waals surface area contributed by atoms with E-state index < -0.39 is 0 Å². The molecule has 0 atom stereocenters. The molecule has 0 spiro atoms. The van der Waals surface area contributed by atoms with Gasteiger partial charge >= 0.3 is 0 Å². The van der Waals surface area contributed by atoms with Gasteiger partial charge in [0.2, 0.25) is 5.76 Å². The molecule has 2 N–H and O–H groups in total. The van der Waals surface area contributed by atoms with Crippen LogP contribution in [0.15, 0.2) is 34.9 Å². The number of carbonyl (C=O) groups is 1. The predicted molar refractivity (Wildman–Crippen MR) is 80.5 cm³/mol. The molecule has 5 heteroatoms. The summed E-state index contributed by atoms with van der Waals surface area (Å²) in [5, 5.41) is 10.2. The van der Waals surface area contributed by atoms with E-state index in [1.165, 1.54) is 0 Å². The SMILES string of the molecule is Cc1ccc(NC(=O)c2cc(C3CCNCC3)no2)cc1. The van der Waals surface area contributed by atoms with Crippen molar-refractivity contribution in [1.29, 1.82) is 0 Å². The molecule has 5 nitrogen and oxygen atoms in total. The Balaban J connectivity index is 1.67. The van der Waals surface area contributed by atoms with Gasteiger partial charge in [-0.25, -0.2) is 0 Å². The minimum atomic E-state index is -0.258. The van der Waals surface area contributed by atoms with Crippen molar-refractivity contribution in [2.45, 2.75) is 25.7 Å². The minimum absolute atomic E-state index is 0.258. The summed E-state index contributed by atoms with van der Waals surface area (Å²) in [6.07, 6.45) is 2.07. The summed E-state index contributed by atoms with van der Waals surface area (Å²) in [4.78, 5) is 12.1. The van der Waals surface area contributed by atoms with Crippen molar-refractivity contribution in [2.24, 2.45) is 0 Å². The highest BCUT2D eigenvalue weighted by atomic mass is 16.5. The van der Waals surface area contributed by atoms with Gasteiger partial charge in [-0.1, -0.05) is 22.9 Å². The first-order valence-electron chi connectivity index (χ1n) is 7.28. The maximum absolute atomic E-state index is 12.1. The molecule has 0 saturated carbocycles. The van der Waals surface area contributed by atoms with E-state index in [9.17, 15) is 4.79 Å². The van der Waals surface area contributed by atoms with E-state index >= 15 is 0 Å². The van der Waals surface area contributed by atoms with Crippen LogP contribution in [0, 0.1) is 6.92 Å². The number of carbonyl (C=O) groups excluding carboxylic acids is 1. The first-order valence-corrected chi connectivity index (χ1v) is 7.28. The Kier molecular flexibility index (Phi) is 4.01. The smallest absolute Gasteiger partial charge is 0.294 e. The molecule has 0 bridgehead atoms. The molecule has 1 aliphatic heterocycles. The first kappa shape index (κ1) is 13.8. The lowest BCUT2D eigenvalue weighted by Gasteiger charge is -2.19. The van der Waals surface area contributed by atoms with E-state index in [1.54, 1.807) is 6.07 Å². The largest absolute Gasteiger partial charge is 0.351 e. The molecule has 1 saturated heterocycles. The molecule has 3 rings (SSSR count). The Bertz CT molecular complexity index is 613. The van der Waals surface area contributed by atoms with Crippen LogP contribution in [-0.2, 0) is 0 Å². The molecule has 2 aromatic rings. The van der Waals surface area contributed by atoms with Crippen LogP contribution in [0.1, 0.15) is 40.6 Å². The van der Waals surface area contributed by atoms with E-state index in [1.807, 2.05) is 31.2 Å². The molecule has 110 valence electrons. The number of aryl methyl sites for hydroxylation is 1. The second kappa shape index (κ2) is 6.10. The molecular weight excluding hydrogens is 266 g/mol. The number of hydrogen-bond acceptors (Lipinski definition) is 4. The monoisotopic (exact) mass is 285 g/mol. The fourth-order valence-electron chi connectivity index (χ4n) is 2.54. The Morgan fingerprint density at radius 1 is 1.29 bits per heavy atom. The lowest BCUT2D eigenvalue weighted by molar-refractivity contribution is 0.0987. The molecule has 21 heavy (non-hydrogen) atoms. The summed E-state index contributed by atoms with van der Waals surface area (Å²) in [6.45, 7) is 3.98. The molecule has 1 aliphatic rings. The second-order valence-electron chi connectivity index (χ2n) is 5.46. The van der Waals surface area contributed by atoms with Crippen molar-refractivity contribution in [3.63, 3.8) is 0 Å². The Morgan fingerprint density at radius 3 is 2.71 bits per heavy atom. The van der Waals surface area contributed by atoms with Crippen LogP contribution in [0.3, 0.4) is 0 Å². The van der Waals surface area contributed by atoms with Crippen LogP contribution in [-0.4, -0.2) is 24.2 Å². The van der Waals surface area contributed by atoms with Crippen LogP contribution < -0.4 is 10.6 Å². The highest BCUT2D eigenvalue weighted by Crippen LogP contribution is 2.25. The summed E-state index contributed by atoms with van der Waals surface area (Å²) < 4.78 is 5.19. The quantitative estimate of drug-likeness (QED) is 0.910. The normalized spacial score (nSPS) is 15.9. The number of rotatable bonds is 3. The molecule has 0 unspecified atom stereocenters. The minimum Gasteiger partial charge on any atom is -0.351 e. The highest BCUT2D eigenvalue weighted by molar-refractivity contribution is 6.02. The Morgan fingerprint density at radius 2 is 2.00 bits per heavy atom. The van der Waals surface area contributed by atoms with Gasteiger partial charge in [-0.15, -0.1) is 0 Å². The van der Waals surface area contributed by atoms with Crippen molar-refractivity contribution >= 4 is 11.6 Å². The molecule has 2 heterocycles. The van der Waals surface area contributed by atoms with Gasteiger partial charge in [-0.2, -0.15) is 0 Å². The van der Waals surface area contributed by atoms with Crippen molar-refractivity contribution in [2.75, 3.05) is 18.4 Å². The Hall–Kier alpha value is -2.14. The fraction of sp³-hybridized carbons (Fsp3) is 0.375. The van der Waals surface area contributed by atoms with Gasteiger partial charge < -0.3 is 15.2 Å². The lowest BCUT2D eigenvalue weighted by Crippen LogP contribution is -2.26. The summed E-state index contributed by atoms with van der Waals surface area (Å²) >= 11 is 0. The third-order valence-electron chi connectivity index (χ3n) is 3.82. The van der Waals surface area contributed by atoms with E-state index in [4.69, 9.17) is 4.52 Å². The predicted octanol–water partition coefficient (Wildman–Crippen LogP) is 2.70. The number of anilines is 1. The average Bonchev–Trinajstić information content (AvgIpc) is 3.00. The first-order chi connectivity index (χ1) is 10.2. The van der Waals surface area contributed by atoms with Gasteiger partial charge in [-0.05, 0) is 45.0 Å². The van der Waals surface area contributed by atoms with Crippen molar-refractivity contribution < 1.29 is 9.32 Å². The zero-order chi connectivity index (χ0) is 14.7. The molecule has 0 aliphatic carbocycles. The van der Waals surface area contributed by atoms with Crippen LogP contribution in [0.25, 0.3) is 0 Å². The lowest BCUT2D eigenvalue weighted by atomic mass is 9.94. The van der Waals surface area contributed by atoms with E-state index in [2.05, 4.69) is 15.8 Å². The summed E-state index contributed by atoms with van der Waals surface area (Å²) in [5.74, 6) is 0.395. The van der Waals surface area contributed by atoms with E-state index in [-0.39, 0.29) is 11.7 Å². The van der Waals surface area contributed by atoms with Gasteiger partial charge in [0.25, 0.3) is 5.91 Å². The summed E-state index contributed by atoms with van der Waals surface area (Å²) in [6, 6.07) is 9.42. The van der Waals surface area contributed by atoms with Crippen LogP contribution >= 0.6 is 0 Å². The summed E-state index contributed by atoms with van der Waals surface area (Å²) in [5.41, 5.74) is 2.79. The van der Waals surface area contributed by atoms with Crippen molar-refractivity contribution in [1.82, 2.24) is 10.5 Å². The number of aromatic nitrogens is 1. The number of nitrogens with one attached hydrogen (secondary N) is 2. The van der Waals surface area contributed by atoms with E-state index in [0.29, 0.717) is 5.92 Å². The molecule has 0 radical (unpaired) electrons. The third kappa shape index (κ3) is 3.31. The summed E-state index contributed by atoms with van der Waals surface area (Å²) in [7, 11) is 0. The van der Waals surface area contributed by atoms with E-state index in [0.717, 1.165) is 42.9 Å². The molecule has 1 aromatic heterocycles. The highest BCUT2D eigenvalue weighted by Gasteiger charge is 2.21. The average molecular weight is 285 g/mol. The van der Waals surface area contributed by atoms with Gasteiger partial charge in [-0.3, -0.25) is 4.79 Å². The topological polar surface area (TPSA) is 67.2 Å². The standard InChI is InChI=1S/C16H19N3O2/c1-11-2-4-13(5-3-11)18-16(20)15-10-14(19-21-15)12-6-8-17-9-7-12/h2-5,10,12,17H,6-9H2,1H3,(H,18,20). The number of piperidine rings is 1. The maximum atomic E-state index is 12.1. The maximum Gasteiger partial charge on any atom is 0.294 e. The van der Waals surface area contributed by atoms with Gasteiger partial charge in [0.05, 0.1) is 5.69 Å². The number of hydrogen-bond donors (Lipinski definition) is 2. The van der Waals surface area contributed by atoms with Gasteiger partial charge in [0, 0.05) is 17.7 Å².